The zero-order valence-electron chi connectivity index (χ0n) is 17.2. The van der Waals surface area contributed by atoms with Crippen molar-refractivity contribution in [1.82, 2.24) is 14.9 Å². The van der Waals surface area contributed by atoms with E-state index < -0.39 is 22.0 Å². The van der Waals surface area contributed by atoms with Gasteiger partial charge in [-0.05, 0) is 49.4 Å². The summed E-state index contributed by atoms with van der Waals surface area (Å²) >= 11 is 0. The maximum absolute atomic E-state index is 13.2. The third kappa shape index (κ3) is 4.34. The lowest BCUT2D eigenvalue weighted by atomic mass is 9.87. The van der Waals surface area contributed by atoms with Gasteiger partial charge in [-0.25, -0.2) is 8.42 Å². The molecule has 8 heteroatoms. The Morgan fingerprint density at radius 2 is 1.90 bits per heavy atom. The Morgan fingerprint density at radius 1 is 1.16 bits per heavy atom. The van der Waals surface area contributed by atoms with Gasteiger partial charge in [-0.3, -0.25) is 13.9 Å². The molecule has 2 amide bonds. The highest BCUT2D eigenvalue weighted by atomic mass is 32.2. The molecule has 4 rings (SSSR count). The third-order valence-corrected chi connectivity index (χ3v) is 7.54. The van der Waals surface area contributed by atoms with E-state index in [1.807, 2.05) is 25.1 Å². The highest BCUT2D eigenvalue weighted by molar-refractivity contribution is 7.89. The van der Waals surface area contributed by atoms with E-state index in [0.29, 0.717) is 0 Å². The van der Waals surface area contributed by atoms with Crippen molar-refractivity contribution in [3.63, 3.8) is 0 Å². The van der Waals surface area contributed by atoms with E-state index in [4.69, 9.17) is 0 Å². The minimum Gasteiger partial charge on any atom is -0.349 e. The molecule has 1 aliphatic carbocycles. The third-order valence-electron chi connectivity index (χ3n) is 5.74. The van der Waals surface area contributed by atoms with Crippen LogP contribution in [0.5, 0.6) is 0 Å². The van der Waals surface area contributed by atoms with Crippen molar-refractivity contribution in [1.29, 1.82) is 0 Å². The number of hydrogen-bond acceptors (Lipinski definition) is 4. The van der Waals surface area contributed by atoms with Gasteiger partial charge in [0.15, 0.2) is 0 Å². The van der Waals surface area contributed by atoms with Crippen LogP contribution in [-0.4, -0.2) is 30.6 Å². The van der Waals surface area contributed by atoms with Gasteiger partial charge in [-0.15, -0.1) is 0 Å². The van der Waals surface area contributed by atoms with Gasteiger partial charge >= 0.3 is 0 Å². The first-order valence-electron chi connectivity index (χ1n) is 10.3. The van der Waals surface area contributed by atoms with Crippen LogP contribution in [0.2, 0.25) is 0 Å². The van der Waals surface area contributed by atoms with E-state index >= 15 is 0 Å². The Kier molecular flexibility index (Phi) is 5.82. The topological polar surface area (TPSA) is 95.6 Å². The molecule has 2 aromatic carbocycles. The minimum atomic E-state index is -3.98. The Bertz CT molecular complexity index is 1130. The van der Waals surface area contributed by atoms with Crippen molar-refractivity contribution in [2.24, 2.45) is 0 Å². The summed E-state index contributed by atoms with van der Waals surface area (Å²) in [5, 5.41) is 5.51. The summed E-state index contributed by atoms with van der Waals surface area (Å²) in [6.07, 6.45) is 5.05. The molecular formula is C23H25N3O4S. The molecule has 0 aromatic heterocycles. The molecule has 2 aliphatic rings. The van der Waals surface area contributed by atoms with Crippen LogP contribution in [0.15, 0.2) is 65.8 Å². The highest BCUT2D eigenvalue weighted by Crippen LogP contribution is 2.30. The SMILES string of the molecule is Cc1ccc(S(=O)(=O)N2C=CNC(=O)[C@H]2CC(=O)N[C@@H]2CCCc3ccccc32)cc1. The second-order valence-corrected chi connectivity index (χ2v) is 9.75. The number of carbonyl (C=O) groups excluding carboxylic acids is 2. The van der Waals surface area contributed by atoms with Crippen molar-refractivity contribution >= 4 is 21.8 Å². The van der Waals surface area contributed by atoms with E-state index in [1.54, 1.807) is 12.1 Å². The second kappa shape index (κ2) is 8.55. The fourth-order valence-corrected chi connectivity index (χ4v) is 5.55. The Balaban J connectivity index is 1.53. The van der Waals surface area contributed by atoms with Crippen molar-refractivity contribution in [3.05, 3.63) is 77.6 Å². The van der Waals surface area contributed by atoms with Gasteiger partial charge in [0.25, 0.3) is 10.0 Å². The molecule has 0 saturated carbocycles. The highest BCUT2D eigenvalue weighted by Gasteiger charge is 2.37. The van der Waals surface area contributed by atoms with Crippen LogP contribution < -0.4 is 10.6 Å². The predicted octanol–water partition coefficient (Wildman–Crippen LogP) is 2.54. The molecule has 2 N–H and O–H groups in total. The zero-order chi connectivity index (χ0) is 22.0. The molecule has 162 valence electrons. The standard InChI is InChI=1S/C23H25N3O4S/c1-16-9-11-18(12-10-16)31(29,30)26-14-13-24-23(28)21(26)15-22(27)25-20-8-4-6-17-5-2-3-7-19(17)20/h2-3,5,7,9-14,20-21H,4,6,8,15H2,1H3,(H,24,28)(H,25,27)/t20-,21-/m1/s1. The fourth-order valence-electron chi connectivity index (χ4n) is 4.10. The van der Waals surface area contributed by atoms with Gasteiger partial charge in [0.05, 0.1) is 17.4 Å². The van der Waals surface area contributed by atoms with Gasteiger partial charge in [0.1, 0.15) is 6.04 Å². The number of rotatable bonds is 5. The quantitative estimate of drug-likeness (QED) is 0.748. The smallest absolute Gasteiger partial charge is 0.264 e. The van der Waals surface area contributed by atoms with Crippen molar-refractivity contribution in [2.45, 2.75) is 49.6 Å². The molecule has 0 bridgehead atoms. The normalized spacial score (nSPS) is 20.7. The van der Waals surface area contributed by atoms with Crippen LogP contribution in [0.1, 0.15) is 42.0 Å². The monoisotopic (exact) mass is 439 g/mol. The second-order valence-electron chi connectivity index (χ2n) is 7.90. The van der Waals surface area contributed by atoms with Crippen LogP contribution in [-0.2, 0) is 26.0 Å². The lowest BCUT2D eigenvalue weighted by molar-refractivity contribution is -0.129. The predicted molar refractivity (Wildman–Crippen MR) is 116 cm³/mol. The zero-order valence-corrected chi connectivity index (χ0v) is 18.1. The first-order chi connectivity index (χ1) is 14.9. The van der Waals surface area contributed by atoms with E-state index in [1.165, 1.54) is 30.1 Å². The molecule has 1 heterocycles. The molecule has 31 heavy (non-hydrogen) atoms. The largest absolute Gasteiger partial charge is 0.349 e. The number of nitrogens with one attached hydrogen (secondary N) is 2. The first-order valence-corrected chi connectivity index (χ1v) is 11.7. The van der Waals surface area contributed by atoms with Crippen molar-refractivity contribution in [3.8, 4) is 0 Å². The molecule has 1 aliphatic heterocycles. The van der Waals surface area contributed by atoms with E-state index in [9.17, 15) is 18.0 Å². The molecule has 7 nitrogen and oxygen atoms in total. The number of fused-ring (bicyclic) bond motifs is 1. The summed E-state index contributed by atoms with van der Waals surface area (Å²) < 4.78 is 27.3. The van der Waals surface area contributed by atoms with Crippen LogP contribution in [0.25, 0.3) is 0 Å². The summed E-state index contributed by atoms with van der Waals surface area (Å²) in [5.41, 5.74) is 3.22. The van der Waals surface area contributed by atoms with Crippen LogP contribution in [0, 0.1) is 6.92 Å². The van der Waals surface area contributed by atoms with Gasteiger partial charge in [-0.1, -0.05) is 42.0 Å². The Hall–Kier alpha value is -3.13. The molecule has 0 radical (unpaired) electrons. The van der Waals surface area contributed by atoms with Crippen LogP contribution in [0.4, 0.5) is 0 Å². The number of benzene rings is 2. The van der Waals surface area contributed by atoms with Gasteiger partial charge in [0.2, 0.25) is 11.8 Å². The number of nitrogens with zero attached hydrogens (tertiary/aromatic N) is 1. The number of hydrogen-bond donors (Lipinski definition) is 2. The molecule has 0 fully saturated rings. The molecule has 0 spiro atoms. The van der Waals surface area contributed by atoms with Crippen molar-refractivity contribution < 1.29 is 18.0 Å². The maximum Gasteiger partial charge on any atom is 0.264 e. The minimum absolute atomic E-state index is 0.0732. The maximum atomic E-state index is 13.2. The molecule has 2 atom stereocenters. The van der Waals surface area contributed by atoms with Gasteiger partial charge in [0, 0.05) is 12.4 Å². The van der Waals surface area contributed by atoms with Crippen LogP contribution >= 0.6 is 0 Å². The molecule has 2 aromatic rings. The lowest BCUT2D eigenvalue weighted by Crippen LogP contribution is -2.51. The summed E-state index contributed by atoms with van der Waals surface area (Å²) in [6.45, 7) is 1.86. The lowest BCUT2D eigenvalue weighted by Gasteiger charge is -2.32. The number of sulfonamides is 1. The van der Waals surface area contributed by atoms with E-state index in [0.717, 1.165) is 34.7 Å². The Morgan fingerprint density at radius 3 is 2.68 bits per heavy atom. The summed E-state index contributed by atoms with van der Waals surface area (Å²) in [5.74, 6) is -0.890. The number of amides is 2. The van der Waals surface area contributed by atoms with E-state index in [2.05, 4.69) is 16.7 Å². The number of carbonyl (C=O) groups is 2. The number of aryl methyl sites for hydroxylation is 2. The Labute approximate surface area is 182 Å². The summed E-state index contributed by atoms with van der Waals surface area (Å²) in [6, 6.07) is 13.1. The van der Waals surface area contributed by atoms with E-state index in [-0.39, 0.29) is 23.3 Å². The molecular weight excluding hydrogens is 414 g/mol. The fraction of sp³-hybridized carbons (Fsp3) is 0.304. The van der Waals surface area contributed by atoms with Gasteiger partial charge in [-0.2, -0.15) is 0 Å². The summed E-state index contributed by atoms with van der Waals surface area (Å²) in [4.78, 5) is 25.4. The summed E-state index contributed by atoms with van der Waals surface area (Å²) in [7, 11) is -3.98. The molecule has 0 unspecified atom stereocenters. The average Bonchev–Trinajstić information content (AvgIpc) is 2.75. The van der Waals surface area contributed by atoms with Crippen molar-refractivity contribution in [2.75, 3.05) is 0 Å². The molecule has 0 saturated heterocycles. The van der Waals surface area contributed by atoms with Crippen LogP contribution in [0.3, 0.4) is 0 Å². The first kappa shape index (κ1) is 21.1. The average molecular weight is 440 g/mol. The van der Waals surface area contributed by atoms with Gasteiger partial charge < -0.3 is 10.6 Å².